The number of esters is 1. The molecule has 24 heavy (non-hydrogen) atoms. The lowest BCUT2D eigenvalue weighted by molar-refractivity contribution is 0.0734. The summed E-state index contributed by atoms with van der Waals surface area (Å²) in [5.41, 5.74) is 2.01. The Bertz CT molecular complexity index is 840. The number of hydrogen-bond acceptors (Lipinski definition) is 5. The zero-order valence-electron chi connectivity index (χ0n) is 13.7. The lowest BCUT2D eigenvalue weighted by Crippen LogP contribution is -2.08. The van der Waals surface area contributed by atoms with Crippen LogP contribution in [0.25, 0.3) is 11.0 Å². The number of ether oxygens (including phenoxy) is 2. The van der Waals surface area contributed by atoms with E-state index in [-0.39, 0.29) is 0 Å². The number of nitrogens with zero attached hydrogens (tertiary/aromatic N) is 3. The van der Waals surface area contributed by atoms with E-state index in [1.807, 2.05) is 19.9 Å². The van der Waals surface area contributed by atoms with Gasteiger partial charge < -0.3 is 9.47 Å². The first-order valence-electron chi connectivity index (χ1n) is 7.99. The van der Waals surface area contributed by atoms with Gasteiger partial charge in [-0.25, -0.2) is 9.48 Å². The van der Waals surface area contributed by atoms with Crippen LogP contribution in [0.15, 0.2) is 42.5 Å². The fraction of sp³-hybridized carbons (Fsp3) is 0.278. The van der Waals surface area contributed by atoms with Gasteiger partial charge in [-0.05, 0) is 55.8 Å². The number of benzene rings is 2. The molecule has 0 saturated carbocycles. The smallest absolute Gasteiger partial charge is 0.343 e. The van der Waals surface area contributed by atoms with Crippen molar-refractivity contribution in [2.24, 2.45) is 0 Å². The van der Waals surface area contributed by atoms with Gasteiger partial charge in [0, 0.05) is 6.54 Å². The van der Waals surface area contributed by atoms with Crippen LogP contribution in [-0.4, -0.2) is 27.6 Å². The van der Waals surface area contributed by atoms with Crippen molar-refractivity contribution in [2.75, 3.05) is 6.61 Å². The Balaban J connectivity index is 1.72. The highest BCUT2D eigenvalue weighted by atomic mass is 16.5. The molecule has 0 saturated heterocycles. The lowest BCUT2D eigenvalue weighted by Gasteiger charge is -2.07. The number of hydrogen-bond donors (Lipinski definition) is 0. The summed E-state index contributed by atoms with van der Waals surface area (Å²) in [5, 5.41) is 8.10. The predicted molar refractivity (Wildman–Crippen MR) is 90.4 cm³/mol. The molecule has 0 bridgehead atoms. The first-order valence-corrected chi connectivity index (χ1v) is 7.99. The standard InChI is InChI=1S/C18H19N3O3/c1-3-11-23-14-6-8-15(9-7-14)24-18(22)13-5-10-17-16(12-13)19-20-21(17)4-2/h5-10,12H,3-4,11H2,1-2H3. The van der Waals surface area contributed by atoms with Crippen molar-refractivity contribution in [3.63, 3.8) is 0 Å². The van der Waals surface area contributed by atoms with Crippen LogP contribution < -0.4 is 9.47 Å². The van der Waals surface area contributed by atoms with Crippen molar-refractivity contribution in [1.82, 2.24) is 15.0 Å². The second-order valence-corrected chi connectivity index (χ2v) is 5.32. The molecule has 124 valence electrons. The van der Waals surface area contributed by atoms with Crippen LogP contribution in [0.4, 0.5) is 0 Å². The van der Waals surface area contributed by atoms with Crippen molar-refractivity contribution in [3.05, 3.63) is 48.0 Å². The first-order chi connectivity index (χ1) is 11.7. The molecule has 0 aliphatic rings. The molecule has 0 spiro atoms. The molecule has 6 nitrogen and oxygen atoms in total. The Morgan fingerprint density at radius 2 is 1.83 bits per heavy atom. The maximum atomic E-state index is 12.3. The second-order valence-electron chi connectivity index (χ2n) is 5.32. The number of carbonyl (C=O) groups excluding carboxylic acids is 1. The Morgan fingerprint density at radius 1 is 1.08 bits per heavy atom. The summed E-state index contributed by atoms with van der Waals surface area (Å²) in [5.74, 6) is 0.806. The molecule has 0 N–H and O–H groups in total. The molecule has 3 aromatic rings. The summed E-state index contributed by atoms with van der Waals surface area (Å²) in [6.07, 6.45) is 0.946. The van der Waals surface area contributed by atoms with Crippen LogP contribution in [-0.2, 0) is 6.54 Å². The molecule has 0 aliphatic heterocycles. The third kappa shape index (κ3) is 3.37. The van der Waals surface area contributed by atoms with Crippen molar-refractivity contribution >= 4 is 17.0 Å². The number of aromatic nitrogens is 3. The van der Waals surface area contributed by atoms with Gasteiger partial charge in [-0.15, -0.1) is 5.10 Å². The van der Waals surface area contributed by atoms with Crippen LogP contribution in [0.2, 0.25) is 0 Å². The quantitative estimate of drug-likeness (QED) is 0.513. The van der Waals surface area contributed by atoms with Gasteiger partial charge in [-0.2, -0.15) is 0 Å². The van der Waals surface area contributed by atoms with Crippen LogP contribution in [0.1, 0.15) is 30.6 Å². The fourth-order valence-electron chi connectivity index (χ4n) is 2.32. The summed E-state index contributed by atoms with van der Waals surface area (Å²) in [6.45, 7) is 5.43. The van der Waals surface area contributed by atoms with Gasteiger partial charge in [-0.1, -0.05) is 12.1 Å². The molecule has 0 radical (unpaired) electrons. The molecule has 0 aliphatic carbocycles. The van der Waals surface area contributed by atoms with E-state index in [0.29, 0.717) is 23.4 Å². The third-order valence-corrected chi connectivity index (χ3v) is 3.56. The maximum absolute atomic E-state index is 12.3. The van der Waals surface area contributed by atoms with Crippen molar-refractivity contribution in [1.29, 1.82) is 0 Å². The molecular weight excluding hydrogens is 306 g/mol. The minimum atomic E-state index is -0.426. The molecule has 3 rings (SSSR count). The van der Waals surface area contributed by atoms with E-state index in [2.05, 4.69) is 10.3 Å². The highest BCUT2D eigenvalue weighted by molar-refractivity contribution is 5.94. The SMILES string of the molecule is CCCOc1ccc(OC(=O)c2ccc3c(c2)nnn3CC)cc1. The van der Waals surface area contributed by atoms with E-state index >= 15 is 0 Å². The number of aryl methyl sites for hydroxylation is 1. The zero-order chi connectivity index (χ0) is 16.9. The third-order valence-electron chi connectivity index (χ3n) is 3.56. The van der Waals surface area contributed by atoms with E-state index < -0.39 is 5.97 Å². The molecule has 0 fully saturated rings. The molecule has 2 aromatic carbocycles. The van der Waals surface area contributed by atoms with Crippen LogP contribution in [0, 0.1) is 0 Å². The van der Waals surface area contributed by atoms with Gasteiger partial charge in [0.15, 0.2) is 0 Å². The Hall–Kier alpha value is -2.89. The van der Waals surface area contributed by atoms with Crippen molar-refractivity contribution < 1.29 is 14.3 Å². The predicted octanol–water partition coefficient (Wildman–Crippen LogP) is 3.46. The summed E-state index contributed by atoms with van der Waals surface area (Å²) in [7, 11) is 0. The van der Waals surface area contributed by atoms with E-state index in [0.717, 1.165) is 24.2 Å². The molecule has 1 aromatic heterocycles. The van der Waals surface area contributed by atoms with E-state index in [1.54, 1.807) is 41.1 Å². The van der Waals surface area contributed by atoms with Gasteiger partial charge in [-0.3, -0.25) is 0 Å². The topological polar surface area (TPSA) is 66.2 Å². The average Bonchev–Trinajstić information content (AvgIpc) is 3.03. The Morgan fingerprint density at radius 3 is 2.54 bits per heavy atom. The highest BCUT2D eigenvalue weighted by Crippen LogP contribution is 2.20. The summed E-state index contributed by atoms with van der Waals surface area (Å²) in [6, 6.07) is 12.2. The highest BCUT2D eigenvalue weighted by Gasteiger charge is 2.12. The normalized spacial score (nSPS) is 10.8. The van der Waals surface area contributed by atoms with Gasteiger partial charge in [0.2, 0.25) is 0 Å². The van der Waals surface area contributed by atoms with E-state index in [1.165, 1.54) is 0 Å². The summed E-state index contributed by atoms with van der Waals surface area (Å²) >= 11 is 0. The summed E-state index contributed by atoms with van der Waals surface area (Å²) < 4.78 is 12.7. The number of carbonyl (C=O) groups is 1. The minimum Gasteiger partial charge on any atom is -0.494 e. The molecule has 0 amide bonds. The average molecular weight is 325 g/mol. The van der Waals surface area contributed by atoms with Crippen LogP contribution >= 0.6 is 0 Å². The largest absolute Gasteiger partial charge is 0.494 e. The van der Waals surface area contributed by atoms with Crippen molar-refractivity contribution in [2.45, 2.75) is 26.8 Å². The zero-order valence-corrected chi connectivity index (χ0v) is 13.7. The molecule has 1 heterocycles. The van der Waals surface area contributed by atoms with E-state index in [4.69, 9.17) is 9.47 Å². The monoisotopic (exact) mass is 325 g/mol. The summed E-state index contributed by atoms with van der Waals surface area (Å²) in [4.78, 5) is 12.3. The Kier molecular flexibility index (Phi) is 4.74. The maximum Gasteiger partial charge on any atom is 0.343 e. The number of rotatable bonds is 6. The van der Waals surface area contributed by atoms with E-state index in [9.17, 15) is 4.79 Å². The molecular formula is C18H19N3O3. The second kappa shape index (κ2) is 7.12. The Labute approximate surface area is 140 Å². The minimum absolute atomic E-state index is 0.426. The molecule has 0 unspecified atom stereocenters. The fourth-order valence-corrected chi connectivity index (χ4v) is 2.32. The number of fused-ring (bicyclic) bond motifs is 1. The van der Waals surface area contributed by atoms with Crippen molar-refractivity contribution in [3.8, 4) is 11.5 Å². The van der Waals surface area contributed by atoms with Crippen LogP contribution in [0.5, 0.6) is 11.5 Å². The van der Waals surface area contributed by atoms with Gasteiger partial charge in [0.05, 0.1) is 17.7 Å². The molecule has 0 atom stereocenters. The first kappa shape index (κ1) is 16.0. The van der Waals surface area contributed by atoms with Crippen LogP contribution in [0.3, 0.4) is 0 Å². The lowest BCUT2D eigenvalue weighted by atomic mass is 10.2. The van der Waals surface area contributed by atoms with Gasteiger partial charge in [0.25, 0.3) is 0 Å². The molecule has 6 heteroatoms. The van der Waals surface area contributed by atoms with Gasteiger partial charge in [0.1, 0.15) is 17.0 Å². The van der Waals surface area contributed by atoms with Gasteiger partial charge >= 0.3 is 5.97 Å².